The molecule has 1 fully saturated rings. The number of hydrogen-bond donors (Lipinski definition) is 3. The molecule has 0 aliphatic heterocycles. The monoisotopic (exact) mass is 406 g/mol. The molecule has 1 aromatic heterocycles. The van der Waals surface area contributed by atoms with Crippen molar-refractivity contribution in [1.29, 1.82) is 0 Å². The lowest BCUT2D eigenvalue weighted by atomic mass is 10.1. The second-order valence-corrected chi connectivity index (χ2v) is 7.53. The number of fused-ring (bicyclic) bond motifs is 1. The first-order valence-corrected chi connectivity index (χ1v) is 10.4. The van der Waals surface area contributed by atoms with E-state index in [1.165, 1.54) is 32.0 Å². The molecular weight excluding hydrogens is 380 g/mol. The Labute approximate surface area is 175 Å². The fraction of sp³-hybridized carbons (Fsp3) is 0.364. The van der Waals surface area contributed by atoms with E-state index in [0.29, 0.717) is 41.5 Å². The largest absolute Gasteiger partial charge is 0.382 e. The van der Waals surface area contributed by atoms with Crippen LogP contribution in [0.5, 0.6) is 0 Å². The molecule has 0 radical (unpaired) electrons. The van der Waals surface area contributed by atoms with Crippen LogP contribution in [-0.2, 0) is 6.54 Å². The summed E-state index contributed by atoms with van der Waals surface area (Å²) in [6.07, 6.45) is 6.44. The minimum Gasteiger partial charge on any atom is -0.382 e. The van der Waals surface area contributed by atoms with E-state index in [9.17, 15) is 10.1 Å². The van der Waals surface area contributed by atoms with Gasteiger partial charge in [0.2, 0.25) is 0 Å². The van der Waals surface area contributed by atoms with Crippen LogP contribution in [0, 0.1) is 10.1 Å². The van der Waals surface area contributed by atoms with Crippen molar-refractivity contribution in [3.8, 4) is 0 Å². The van der Waals surface area contributed by atoms with Gasteiger partial charge in [0.15, 0.2) is 0 Å². The molecule has 0 spiro atoms. The third-order valence-electron chi connectivity index (χ3n) is 5.50. The lowest BCUT2D eigenvalue weighted by Crippen LogP contribution is -2.16. The van der Waals surface area contributed by atoms with E-state index in [1.54, 1.807) is 12.1 Å². The maximum absolute atomic E-state index is 11.5. The number of nitrogens with one attached hydrogen (secondary N) is 3. The molecule has 8 nitrogen and oxygen atoms in total. The molecule has 1 aliphatic carbocycles. The van der Waals surface area contributed by atoms with Gasteiger partial charge in [-0.25, -0.2) is 9.97 Å². The fourth-order valence-electron chi connectivity index (χ4n) is 4.00. The Kier molecular flexibility index (Phi) is 5.92. The summed E-state index contributed by atoms with van der Waals surface area (Å²) in [6.45, 7) is 3.05. The summed E-state index contributed by atoms with van der Waals surface area (Å²) >= 11 is 0. The van der Waals surface area contributed by atoms with Crippen molar-refractivity contribution in [1.82, 2.24) is 9.97 Å². The zero-order valence-corrected chi connectivity index (χ0v) is 17.0. The number of rotatable bonds is 8. The van der Waals surface area contributed by atoms with Crippen LogP contribution in [0.4, 0.5) is 22.9 Å². The van der Waals surface area contributed by atoms with Crippen molar-refractivity contribution >= 4 is 33.8 Å². The molecule has 2 aromatic carbocycles. The van der Waals surface area contributed by atoms with Crippen LogP contribution in [0.25, 0.3) is 10.9 Å². The molecule has 3 aromatic rings. The highest BCUT2D eigenvalue weighted by molar-refractivity contribution is 5.94. The Bertz CT molecular complexity index is 1050. The van der Waals surface area contributed by atoms with E-state index in [1.807, 2.05) is 19.1 Å². The number of nitro benzene ring substituents is 1. The third kappa shape index (κ3) is 4.27. The third-order valence-corrected chi connectivity index (χ3v) is 5.50. The average molecular weight is 406 g/mol. The number of nitrogens with zero attached hydrogens (tertiary/aromatic N) is 3. The van der Waals surface area contributed by atoms with E-state index in [2.05, 4.69) is 38.1 Å². The summed E-state index contributed by atoms with van der Waals surface area (Å²) < 4.78 is 0. The van der Waals surface area contributed by atoms with Crippen molar-refractivity contribution in [2.45, 2.75) is 45.2 Å². The SMILES string of the molecule is CCNc1cc2ncnc(NCc3ccccc3NC3CCCC3)c2cc1[N+](=O)[O-]. The Hall–Kier alpha value is -3.42. The van der Waals surface area contributed by atoms with Crippen molar-refractivity contribution in [2.24, 2.45) is 0 Å². The predicted octanol–water partition coefficient (Wildman–Crippen LogP) is 4.94. The highest BCUT2D eigenvalue weighted by Gasteiger charge is 2.18. The molecule has 3 N–H and O–H groups in total. The van der Waals surface area contributed by atoms with Crippen LogP contribution in [-0.4, -0.2) is 27.5 Å². The van der Waals surface area contributed by atoms with Crippen molar-refractivity contribution in [2.75, 3.05) is 22.5 Å². The Morgan fingerprint density at radius 1 is 1.10 bits per heavy atom. The van der Waals surface area contributed by atoms with Crippen LogP contribution in [0.3, 0.4) is 0 Å². The molecule has 4 rings (SSSR count). The van der Waals surface area contributed by atoms with Gasteiger partial charge in [-0.15, -0.1) is 0 Å². The van der Waals surface area contributed by atoms with E-state index in [4.69, 9.17) is 0 Å². The lowest BCUT2D eigenvalue weighted by Gasteiger charge is -2.18. The smallest absolute Gasteiger partial charge is 0.293 e. The molecule has 0 unspecified atom stereocenters. The summed E-state index contributed by atoms with van der Waals surface area (Å²) in [5.41, 5.74) is 3.40. The molecule has 1 saturated carbocycles. The van der Waals surface area contributed by atoms with Gasteiger partial charge in [-0.3, -0.25) is 10.1 Å². The van der Waals surface area contributed by atoms with E-state index < -0.39 is 0 Å². The van der Waals surface area contributed by atoms with Crippen LogP contribution >= 0.6 is 0 Å². The first-order valence-electron chi connectivity index (χ1n) is 10.4. The van der Waals surface area contributed by atoms with E-state index >= 15 is 0 Å². The average Bonchev–Trinajstić information content (AvgIpc) is 3.26. The number of nitro groups is 1. The first-order chi connectivity index (χ1) is 14.7. The number of hydrogen-bond acceptors (Lipinski definition) is 7. The van der Waals surface area contributed by atoms with Gasteiger partial charge in [-0.2, -0.15) is 0 Å². The molecule has 0 bridgehead atoms. The predicted molar refractivity (Wildman–Crippen MR) is 120 cm³/mol. The minimum atomic E-state index is -0.380. The molecule has 156 valence electrons. The van der Waals surface area contributed by atoms with Crippen molar-refractivity contribution < 1.29 is 4.92 Å². The van der Waals surface area contributed by atoms with Crippen LogP contribution in [0.1, 0.15) is 38.2 Å². The second-order valence-electron chi connectivity index (χ2n) is 7.53. The van der Waals surface area contributed by atoms with Gasteiger partial charge in [-0.1, -0.05) is 31.0 Å². The Morgan fingerprint density at radius 3 is 2.67 bits per heavy atom. The van der Waals surface area contributed by atoms with Gasteiger partial charge in [0.1, 0.15) is 17.8 Å². The molecule has 1 heterocycles. The molecule has 0 amide bonds. The first kappa shape index (κ1) is 19.9. The van der Waals surface area contributed by atoms with Gasteiger partial charge < -0.3 is 16.0 Å². The Morgan fingerprint density at radius 2 is 1.90 bits per heavy atom. The van der Waals surface area contributed by atoms with Gasteiger partial charge in [0, 0.05) is 36.3 Å². The maximum Gasteiger partial charge on any atom is 0.293 e. The van der Waals surface area contributed by atoms with Crippen molar-refractivity contribution in [3.05, 3.63) is 58.4 Å². The summed E-state index contributed by atoms with van der Waals surface area (Å²) in [7, 11) is 0. The lowest BCUT2D eigenvalue weighted by molar-refractivity contribution is -0.383. The summed E-state index contributed by atoms with van der Waals surface area (Å²) in [6, 6.07) is 12.0. The molecule has 0 saturated heterocycles. The zero-order valence-electron chi connectivity index (χ0n) is 17.0. The maximum atomic E-state index is 11.5. The number of anilines is 3. The van der Waals surface area contributed by atoms with Crippen LogP contribution < -0.4 is 16.0 Å². The van der Waals surface area contributed by atoms with Gasteiger partial charge >= 0.3 is 0 Å². The molecule has 8 heteroatoms. The molecule has 1 aliphatic rings. The normalized spacial score (nSPS) is 14.0. The fourth-order valence-corrected chi connectivity index (χ4v) is 4.00. The van der Waals surface area contributed by atoms with Crippen molar-refractivity contribution in [3.63, 3.8) is 0 Å². The van der Waals surface area contributed by atoms with Crippen LogP contribution in [0.2, 0.25) is 0 Å². The number of aromatic nitrogens is 2. The highest BCUT2D eigenvalue weighted by atomic mass is 16.6. The van der Waals surface area contributed by atoms with E-state index in [-0.39, 0.29) is 10.6 Å². The summed E-state index contributed by atoms with van der Waals surface area (Å²) in [5, 5.41) is 22.2. The Balaban J connectivity index is 1.60. The van der Waals surface area contributed by atoms with Gasteiger partial charge in [-0.05, 0) is 37.5 Å². The van der Waals surface area contributed by atoms with Gasteiger partial charge in [0.05, 0.1) is 10.4 Å². The van der Waals surface area contributed by atoms with E-state index in [0.717, 1.165) is 11.3 Å². The molecule has 0 atom stereocenters. The molecular formula is C22H26N6O2. The highest BCUT2D eigenvalue weighted by Crippen LogP contribution is 2.32. The molecule has 30 heavy (non-hydrogen) atoms. The zero-order chi connectivity index (χ0) is 20.9. The summed E-state index contributed by atoms with van der Waals surface area (Å²) in [4.78, 5) is 19.8. The van der Waals surface area contributed by atoms with Crippen LogP contribution in [0.15, 0.2) is 42.7 Å². The number of benzene rings is 2. The standard InChI is InChI=1S/C22H26N6O2/c1-2-23-20-12-19-17(11-21(20)28(29)30)22(26-14-25-19)24-13-15-7-3-6-10-18(15)27-16-8-4-5-9-16/h3,6-7,10-12,14,16,23,27H,2,4-5,8-9,13H2,1H3,(H,24,25,26). The quantitative estimate of drug-likeness (QED) is 0.359. The topological polar surface area (TPSA) is 105 Å². The number of para-hydroxylation sites is 1. The van der Waals surface area contributed by atoms with Gasteiger partial charge in [0.25, 0.3) is 5.69 Å². The summed E-state index contributed by atoms with van der Waals surface area (Å²) in [5.74, 6) is 0.585. The second kappa shape index (κ2) is 8.94. The minimum absolute atomic E-state index is 0.0190.